The van der Waals surface area contributed by atoms with Crippen molar-refractivity contribution in [3.05, 3.63) is 29.8 Å². The van der Waals surface area contributed by atoms with E-state index in [1.165, 1.54) is 37.9 Å². The molecule has 108 valence electrons. The molecular formula is C16H23N3O. The molecule has 1 unspecified atom stereocenters. The maximum Gasteiger partial charge on any atom is 0.228 e. The van der Waals surface area contributed by atoms with E-state index >= 15 is 0 Å². The molecule has 1 aromatic carbocycles. The van der Waals surface area contributed by atoms with E-state index in [2.05, 4.69) is 29.2 Å². The van der Waals surface area contributed by atoms with Gasteiger partial charge in [-0.05, 0) is 43.6 Å². The molecule has 2 saturated heterocycles. The number of carbonyl (C=O) groups is 1. The maximum atomic E-state index is 11.8. The Morgan fingerprint density at radius 3 is 2.40 bits per heavy atom. The van der Waals surface area contributed by atoms with Gasteiger partial charge in [0, 0.05) is 31.2 Å². The zero-order valence-corrected chi connectivity index (χ0v) is 11.9. The summed E-state index contributed by atoms with van der Waals surface area (Å²) < 4.78 is 0. The van der Waals surface area contributed by atoms with Crippen LogP contribution in [0.4, 0.5) is 5.69 Å². The highest BCUT2D eigenvalue weighted by Gasteiger charge is 2.27. The summed E-state index contributed by atoms with van der Waals surface area (Å²) in [7, 11) is 0. The summed E-state index contributed by atoms with van der Waals surface area (Å²) >= 11 is 0. The molecule has 0 aromatic heterocycles. The van der Waals surface area contributed by atoms with Crippen molar-refractivity contribution in [3.8, 4) is 0 Å². The van der Waals surface area contributed by atoms with Crippen molar-refractivity contribution in [1.82, 2.24) is 4.90 Å². The van der Waals surface area contributed by atoms with Gasteiger partial charge in [-0.2, -0.15) is 0 Å². The van der Waals surface area contributed by atoms with E-state index in [1.807, 2.05) is 0 Å². The number of amides is 1. The molecule has 2 fully saturated rings. The van der Waals surface area contributed by atoms with Gasteiger partial charge in [-0.15, -0.1) is 0 Å². The predicted molar refractivity (Wildman–Crippen MR) is 80.5 cm³/mol. The second-order valence-electron chi connectivity index (χ2n) is 5.97. The van der Waals surface area contributed by atoms with Crippen LogP contribution in [0, 0.1) is 0 Å². The molecule has 2 aliphatic rings. The third-order valence-corrected chi connectivity index (χ3v) is 4.26. The second-order valence-corrected chi connectivity index (χ2v) is 5.97. The average Bonchev–Trinajstić information content (AvgIpc) is 2.80. The van der Waals surface area contributed by atoms with Gasteiger partial charge in [-0.1, -0.05) is 18.6 Å². The van der Waals surface area contributed by atoms with Crippen molar-refractivity contribution < 1.29 is 4.79 Å². The first-order valence-corrected chi connectivity index (χ1v) is 7.59. The van der Waals surface area contributed by atoms with E-state index in [1.54, 1.807) is 4.90 Å². The molecular weight excluding hydrogens is 250 g/mol. The number of benzene rings is 1. The molecule has 1 amide bonds. The van der Waals surface area contributed by atoms with Crippen LogP contribution in [0.5, 0.6) is 0 Å². The first-order chi connectivity index (χ1) is 9.72. The average molecular weight is 273 g/mol. The van der Waals surface area contributed by atoms with E-state index in [4.69, 9.17) is 5.73 Å². The lowest BCUT2D eigenvalue weighted by atomic mass is 10.1. The molecule has 4 nitrogen and oxygen atoms in total. The number of piperidine rings is 1. The fourth-order valence-electron chi connectivity index (χ4n) is 3.14. The molecule has 2 N–H and O–H groups in total. The maximum absolute atomic E-state index is 11.8. The standard InChI is InChI=1S/C16H23N3O/c17-14-10-16(20)19(12-14)15-6-4-13(5-7-15)11-18-8-2-1-3-9-18/h4-7,14H,1-3,8-12,17H2. The van der Waals surface area contributed by atoms with Crippen molar-refractivity contribution in [2.45, 2.75) is 38.3 Å². The molecule has 4 heteroatoms. The van der Waals surface area contributed by atoms with Crippen molar-refractivity contribution in [3.63, 3.8) is 0 Å². The van der Waals surface area contributed by atoms with Crippen LogP contribution >= 0.6 is 0 Å². The van der Waals surface area contributed by atoms with Gasteiger partial charge in [0.15, 0.2) is 0 Å². The number of nitrogens with two attached hydrogens (primary N) is 1. The Labute approximate surface area is 120 Å². The Bertz CT molecular complexity index is 465. The summed E-state index contributed by atoms with van der Waals surface area (Å²) in [5.74, 6) is 0.140. The fraction of sp³-hybridized carbons (Fsp3) is 0.562. The Hall–Kier alpha value is -1.39. The molecule has 1 atom stereocenters. The fourth-order valence-corrected chi connectivity index (χ4v) is 3.14. The van der Waals surface area contributed by atoms with Crippen LogP contribution in [-0.4, -0.2) is 36.5 Å². The smallest absolute Gasteiger partial charge is 0.228 e. The van der Waals surface area contributed by atoms with Crippen molar-refractivity contribution >= 4 is 11.6 Å². The molecule has 3 rings (SSSR count). The molecule has 1 aromatic rings. The van der Waals surface area contributed by atoms with Crippen LogP contribution in [0.1, 0.15) is 31.2 Å². The molecule has 2 heterocycles. The highest BCUT2D eigenvalue weighted by atomic mass is 16.2. The topological polar surface area (TPSA) is 49.6 Å². The summed E-state index contributed by atoms with van der Waals surface area (Å²) in [6.45, 7) is 4.08. The quantitative estimate of drug-likeness (QED) is 0.912. The second kappa shape index (κ2) is 5.94. The van der Waals surface area contributed by atoms with Crippen LogP contribution in [0.15, 0.2) is 24.3 Å². The highest BCUT2D eigenvalue weighted by Crippen LogP contribution is 2.22. The number of nitrogens with zero attached hydrogens (tertiary/aromatic N) is 2. The molecule has 0 bridgehead atoms. The minimum atomic E-state index is -0.0180. The number of hydrogen-bond acceptors (Lipinski definition) is 3. The Kier molecular flexibility index (Phi) is 4.03. The normalized spacial score (nSPS) is 24.4. The summed E-state index contributed by atoms with van der Waals surface area (Å²) in [6, 6.07) is 8.36. The zero-order chi connectivity index (χ0) is 13.9. The number of rotatable bonds is 3. The number of anilines is 1. The summed E-state index contributed by atoms with van der Waals surface area (Å²) in [6.07, 6.45) is 4.47. The molecule has 0 radical (unpaired) electrons. The van der Waals surface area contributed by atoms with Crippen LogP contribution in [-0.2, 0) is 11.3 Å². The summed E-state index contributed by atoms with van der Waals surface area (Å²) in [4.78, 5) is 16.1. The molecule has 2 aliphatic heterocycles. The monoisotopic (exact) mass is 273 g/mol. The van der Waals surface area contributed by atoms with Gasteiger partial charge in [0.05, 0.1) is 0 Å². The largest absolute Gasteiger partial charge is 0.326 e. The number of hydrogen-bond donors (Lipinski definition) is 1. The molecule has 0 spiro atoms. The number of carbonyl (C=O) groups excluding carboxylic acids is 1. The predicted octanol–water partition coefficient (Wildman–Crippen LogP) is 1.74. The number of likely N-dealkylation sites (tertiary alicyclic amines) is 1. The lowest BCUT2D eigenvalue weighted by molar-refractivity contribution is -0.117. The van der Waals surface area contributed by atoms with E-state index in [0.29, 0.717) is 13.0 Å². The molecule has 0 aliphatic carbocycles. The van der Waals surface area contributed by atoms with E-state index in [-0.39, 0.29) is 11.9 Å². The van der Waals surface area contributed by atoms with Gasteiger partial charge in [0.1, 0.15) is 0 Å². The first-order valence-electron chi connectivity index (χ1n) is 7.59. The SMILES string of the molecule is NC1CC(=O)N(c2ccc(CN3CCCCC3)cc2)C1. The van der Waals surface area contributed by atoms with Gasteiger partial charge in [0.25, 0.3) is 0 Å². The van der Waals surface area contributed by atoms with E-state index < -0.39 is 0 Å². The van der Waals surface area contributed by atoms with Crippen LogP contribution in [0.2, 0.25) is 0 Å². The molecule has 0 saturated carbocycles. The van der Waals surface area contributed by atoms with Crippen molar-refractivity contribution in [1.29, 1.82) is 0 Å². The summed E-state index contributed by atoms with van der Waals surface area (Å²) in [5, 5.41) is 0. The molecule has 20 heavy (non-hydrogen) atoms. The lowest BCUT2D eigenvalue weighted by Crippen LogP contribution is -2.29. The van der Waals surface area contributed by atoms with Gasteiger partial charge in [-0.25, -0.2) is 0 Å². The van der Waals surface area contributed by atoms with Gasteiger partial charge in [0.2, 0.25) is 5.91 Å². The Balaban J connectivity index is 1.63. The van der Waals surface area contributed by atoms with Crippen LogP contribution in [0.3, 0.4) is 0 Å². The minimum Gasteiger partial charge on any atom is -0.326 e. The lowest BCUT2D eigenvalue weighted by Gasteiger charge is -2.26. The van der Waals surface area contributed by atoms with Crippen LogP contribution in [0.25, 0.3) is 0 Å². The summed E-state index contributed by atoms with van der Waals surface area (Å²) in [5.41, 5.74) is 8.14. The highest BCUT2D eigenvalue weighted by molar-refractivity contribution is 5.96. The first kappa shape index (κ1) is 13.6. The van der Waals surface area contributed by atoms with Gasteiger partial charge in [-0.3, -0.25) is 9.69 Å². The Morgan fingerprint density at radius 2 is 1.80 bits per heavy atom. The van der Waals surface area contributed by atoms with Crippen molar-refractivity contribution in [2.24, 2.45) is 5.73 Å². The van der Waals surface area contributed by atoms with Gasteiger partial charge < -0.3 is 10.6 Å². The van der Waals surface area contributed by atoms with E-state index in [0.717, 1.165) is 12.2 Å². The van der Waals surface area contributed by atoms with Gasteiger partial charge >= 0.3 is 0 Å². The zero-order valence-electron chi connectivity index (χ0n) is 11.9. The third kappa shape index (κ3) is 3.02. The minimum absolute atomic E-state index is 0.0180. The van der Waals surface area contributed by atoms with Crippen LogP contribution < -0.4 is 10.6 Å². The third-order valence-electron chi connectivity index (χ3n) is 4.26. The van der Waals surface area contributed by atoms with E-state index in [9.17, 15) is 4.79 Å². The van der Waals surface area contributed by atoms with Crippen molar-refractivity contribution in [2.75, 3.05) is 24.5 Å². The Morgan fingerprint density at radius 1 is 1.10 bits per heavy atom.